The molecule has 4 aliphatic rings. The number of hydrogen-bond acceptors (Lipinski definition) is 3. The van der Waals surface area contributed by atoms with E-state index in [1.807, 2.05) is 13.0 Å². The summed E-state index contributed by atoms with van der Waals surface area (Å²) in [5.41, 5.74) is 1.71. The fraction of sp³-hybridized carbons (Fsp3) is 0.727. The van der Waals surface area contributed by atoms with Crippen LogP contribution in [0.15, 0.2) is 23.8 Å². The van der Waals surface area contributed by atoms with Crippen LogP contribution in [0.2, 0.25) is 0 Å². The van der Waals surface area contributed by atoms with Gasteiger partial charge in [0.2, 0.25) is 0 Å². The summed E-state index contributed by atoms with van der Waals surface area (Å²) in [6.45, 7) is 6.63. The quantitative estimate of drug-likeness (QED) is 0.688. The van der Waals surface area contributed by atoms with Gasteiger partial charge in [-0.1, -0.05) is 32.4 Å². The normalized spacial score (nSPS) is 45.2. The molecule has 136 valence electrons. The van der Waals surface area contributed by atoms with Crippen LogP contribution in [0.4, 0.5) is 0 Å². The first-order valence-corrected chi connectivity index (χ1v) is 9.99. The summed E-state index contributed by atoms with van der Waals surface area (Å²) in [6.07, 6.45) is 13.1. The molecule has 3 nitrogen and oxygen atoms in total. The zero-order valence-electron chi connectivity index (χ0n) is 15.7. The Hall–Kier alpha value is -1.38. The number of ketones is 1. The van der Waals surface area contributed by atoms with Gasteiger partial charge in [-0.3, -0.25) is 9.59 Å². The summed E-state index contributed by atoms with van der Waals surface area (Å²) in [5.74, 6) is 2.04. The van der Waals surface area contributed by atoms with Gasteiger partial charge in [0, 0.05) is 11.8 Å². The topological polar surface area (TPSA) is 43.4 Å². The molecule has 0 spiro atoms. The van der Waals surface area contributed by atoms with Gasteiger partial charge in [-0.15, -0.1) is 0 Å². The number of esters is 1. The molecule has 0 aromatic carbocycles. The van der Waals surface area contributed by atoms with E-state index in [0.29, 0.717) is 29.6 Å². The van der Waals surface area contributed by atoms with Crippen LogP contribution in [-0.4, -0.2) is 17.9 Å². The van der Waals surface area contributed by atoms with Crippen molar-refractivity contribution in [3.05, 3.63) is 23.8 Å². The predicted molar refractivity (Wildman–Crippen MR) is 96.8 cm³/mol. The molecule has 25 heavy (non-hydrogen) atoms. The minimum absolute atomic E-state index is 0.0519. The maximum atomic E-state index is 11.8. The lowest BCUT2D eigenvalue weighted by molar-refractivity contribution is -0.148. The van der Waals surface area contributed by atoms with E-state index in [-0.39, 0.29) is 23.3 Å². The molecule has 3 fully saturated rings. The number of hydrogen-bond donors (Lipinski definition) is 0. The third-order valence-electron chi connectivity index (χ3n) is 7.87. The number of ether oxygens (including phenoxy) is 1. The Balaban J connectivity index is 1.58. The van der Waals surface area contributed by atoms with E-state index < -0.39 is 0 Å². The van der Waals surface area contributed by atoms with Gasteiger partial charge in [0.05, 0.1) is 0 Å². The lowest BCUT2D eigenvalue weighted by Crippen LogP contribution is -2.48. The van der Waals surface area contributed by atoms with E-state index in [1.165, 1.54) is 24.8 Å². The molecule has 0 N–H and O–H groups in total. The Kier molecular flexibility index (Phi) is 3.97. The second-order valence-electron chi connectivity index (χ2n) is 9.20. The summed E-state index contributed by atoms with van der Waals surface area (Å²) in [7, 11) is 0. The van der Waals surface area contributed by atoms with Crippen LogP contribution in [0.5, 0.6) is 0 Å². The Morgan fingerprint density at radius 3 is 2.84 bits per heavy atom. The summed E-state index contributed by atoms with van der Waals surface area (Å²) in [5, 5.41) is 0. The molecule has 4 aliphatic carbocycles. The molecule has 0 aliphatic heterocycles. The van der Waals surface area contributed by atoms with Gasteiger partial charge >= 0.3 is 5.97 Å². The van der Waals surface area contributed by atoms with Crippen molar-refractivity contribution in [2.75, 3.05) is 0 Å². The minimum atomic E-state index is -0.0571. The summed E-state index contributed by atoms with van der Waals surface area (Å²) < 4.78 is 5.73. The molecule has 4 rings (SSSR count). The van der Waals surface area contributed by atoms with Crippen molar-refractivity contribution in [3.8, 4) is 0 Å². The van der Waals surface area contributed by atoms with Gasteiger partial charge in [-0.2, -0.15) is 0 Å². The van der Waals surface area contributed by atoms with Gasteiger partial charge in [0.25, 0.3) is 0 Å². The maximum absolute atomic E-state index is 11.8. The molecule has 0 heterocycles. The highest BCUT2D eigenvalue weighted by atomic mass is 16.5. The van der Waals surface area contributed by atoms with Crippen LogP contribution in [-0.2, 0) is 14.3 Å². The van der Waals surface area contributed by atoms with Gasteiger partial charge in [-0.05, 0) is 73.8 Å². The van der Waals surface area contributed by atoms with Gasteiger partial charge in [-0.25, -0.2) is 0 Å². The first kappa shape index (κ1) is 17.1. The largest absolute Gasteiger partial charge is 0.462 e. The molecule has 6 atom stereocenters. The second-order valence-corrected chi connectivity index (χ2v) is 9.20. The van der Waals surface area contributed by atoms with Crippen molar-refractivity contribution in [1.82, 2.24) is 0 Å². The van der Waals surface area contributed by atoms with Crippen LogP contribution in [0.3, 0.4) is 0 Å². The number of allylic oxidation sites excluding steroid dienone is 4. The lowest BCUT2D eigenvalue weighted by Gasteiger charge is -2.56. The third-order valence-corrected chi connectivity index (χ3v) is 7.87. The van der Waals surface area contributed by atoms with Gasteiger partial charge < -0.3 is 4.74 Å². The van der Waals surface area contributed by atoms with E-state index in [1.54, 1.807) is 6.08 Å². The molecule has 0 bridgehead atoms. The Morgan fingerprint density at radius 1 is 1.28 bits per heavy atom. The summed E-state index contributed by atoms with van der Waals surface area (Å²) in [4.78, 5) is 23.6. The second kappa shape index (κ2) is 5.82. The first-order chi connectivity index (χ1) is 11.9. The molecule has 3 saturated carbocycles. The first-order valence-electron chi connectivity index (χ1n) is 9.99. The molecule has 0 radical (unpaired) electrons. The minimum Gasteiger partial charge on any atom is -0.462 e. The van der Waals surface area contributed by atoms with Crippen LogP contribution >= 0.6 is 0 Å². The molecular weight excluding hydrogens is 312 g/mol. The van der Waals surface area contributed by atoms with E-state index >= 15 is 0 Å². The molecule has 0 unspecified atom stereocenters. The van der Waals surface area contributed by atoms with Crippen molar-refractivity contribution in [3.63, 3.8) is 0 Å². The van der Waals surface area contributed by atoms with Crippen LogP contribution in [0, 0.1) is 28.6 Å². The van der Waals surface area contributed by atoms with Crippen LogP contribution < -0.4 is 0 Å². The zero-order valence-corrected chi connectivity index (χ0v) is 15.7. The molecule has 0 aromatic rings. The fourth-order valence-corrected chi connectivity index (χ4v) is 6.55. The molecule has 0 amide bonds. The third kappa shape index (κ3) is 2.62. The van der Waals surface area contributed by atoms with E-state index in [4.69, 9.17) is 4.74 Å². The Morgan fingerprint density at radius 2 is 2.08 bits per heavy atom. The number of carbonyl (C=O) groups is 2. The average molecular weight is 342 g/mol. The maximum Gasteiger partial charge on any atom is 0.305 e. The molecule has 3 heteroatoms. The predicted octanol–water partition coefficient (Wildman–Crippen LogP) is 4.62. The van der Waals surface area contributed by atoms with E-state index in [9.17, 15) is 9.59 Å². The van der Waals surface area contributed by atoms with Crippen molar-refractivity contribution in [2.24, 2.45) is 28.6 Å². The van der Waals surface area contributed by atoms with Gasteiger partial charge in [0.1, 0.15) is 6.10 Å². The Bertz CT molecular complexity index is 660. The fourth-order valence-electron chi connectivity index (χ4n) is 6.55. The van der Waals surface area contributed by atoms with Crippen molar-refractivity contribution in [1.29, 1.82) is 0 Å². The zero-order chi connectivity index (χ0) is 17.8. The van der Waals surface area contributed by atoms with E-state index in [2.05, 4.69) is 19.9 Å². The lowest BCUT2D eigenvalue weighted by atomic mass is 9.48. The summed E-state index contributed by atoms with van der Waals surface area (Å²) >= 11 is 0. The SMILES string of the molecule is CCC(=O)O[C@@H]1C[C@@H]2[C@@H]3CCC4=CC(=O)C=C[C@]4(C)[C@@H]3CC[C@]2(C)C1. The Labute approximate surface area is 150 Å². The van der Waals surface area contributed by atoms with Crippen molar-refractivity contribution < 1.29 is 14.3 Å². The highest BCUT2D eigenvalue weighted by Crippen LogP contribution is 2.64. The van der Waals surface area contributed by atoms with Crippen molar-refractivity contribution in [2.45, 2.75) is 71.8 Å². The molecule has 0 aromatic heterocycles. The van der Waals surface area contributed by atoms with Crippen molar-refractivity contribution >= 4 is 11.8 Å². The van der Waals surface area contributed by atoms with E-state index in [0.717, 1.165) is 19.3 Å². The molecule has 0 saturated heterocycles. The summed E-state index contributed by atoms with van der Waals surface area (Å²) in [6, 6.07) is 0. The highest BCUT2D eigenvalue weighted by Gasteiger charge is 2.57. The number of fused-ring (bicyclic) bond motifs is 5. The average Bonchev–Trinajstić information content (AvgIpc) is 2.91. The number of carbonyl (C=O) groups excluding carboxylic acids is 2. The van der Waals surface area contributed by atoms with Gasteiger partial charge in [0.15, 0.2) is 5.78 Å². The standard InChI is InChI=1S/C22H30O3/c1-4-20(24)25-16-12-19-17-6-5-14-11-15(23)7-10-22(14,3)18(17)8-9-21(19,2)13-16/h7,10-11,16-19H,4-6,8-9,12-13H2,1-3H3/t16-,17-,18-,19-,21-,22+/m1/s1. The van der Waals surface area contributed by atoms with Crippen LogP contribution in [0.25, 0.3) is 0 Å². The highest BCUT2D eigenvalue weighted by molar-refractivity contribution is 6.01. The van der Waals surface area contributed by atoms with Crippen LogP contribution in [0.1, 0.15) is 65.7 Å². The smallest absolute Gasteiger partial charge is 0.305 e. The number of rotatable bonds is 2. The monoisotopic (exact) mass is 342 g/mol. The molecular formula is C22H30O3.